The second-order valence-electron chi connectivity index (χ2n) is 3.27. The fourth-order valence-electron chi connectivity index (χ4n) is 1.60. The molecule has 1 aromatic heterocycles. The number of hydrogen-bond acceptors (Lipinski definition) is 6. The van der Waals surface area contributed by atoms with Crippen LogP contribution in [0.15, 0.2) is 16.6 Å². The Morgan fingerprint density at radius 1 is 1.73 bits per heavy atom. The highest BCUT2D eigenvalue weighted by molar-refractivity contribution is 7.09. The van der Waals surface area contributed by atoms with Crippen molar-refractivity contribution in [2.24, 2.45) is 10.7 Å². The van der Waals surface area contributed by atoms with Crippen LogP contribution in [0.5, 0.6) is 0 Å². The van der Waals surface area contributed by atoms with Gasteiger partial charge in [0.15, 0.2) is 5.96 Å². The lowest BCUT2D eigenvalue weighted by molar-refractivity contribution is 0.166. The van der Waals surface area contributed by atoms with E-state index in [0.29, 0.717) is 19.1 Å². The lowest BCUT2D eigenvalue weighted by Crippen LogP contribution is -2.38. The molecule has 1 aliphatic heterocycles. The Kier molecular flexibility index (Phi) is 3.17. The van der Waals surface area contributed by atoms with Gasteiger partial charge in [-0.15, -0.1) is 11.3 Å². The van der Waals surface area contributed by atoms with Crippen molar-refractivity contribution in [2.75, 3.05) is 26.8 Å². The minimum atomic E-state index is 0.195. The quantitative estimate of drug-likeness (QED) is 0.810. The predicted molar refractivity (Wildman–Crippen MR) is 59.9 cm³/mol. The SMILES string of the molecule is COCCN1C(N)=NCC1c1nccs1. The standard InChI is InChI=1S/C9H14N4OS/c1-14-4-3-13-7(6-12-9(13)10)8-11-2-5-15-8/h2,5,7H,3-4,6H2,1H3,(H2,10,12). The lowest BCUT2D eigenvalue weighted by Gasteiger charge is -2.24. The summed E-state index contributed by atoms with van der Waals surface area (Å²) in [4.78, 5) is 10.6. The third kappa shape index (κ3) is 2.10. The van der Waals surface area contributed by atoms with Crippen molar-refractivity contribution in [3.63, 3.8) is 0 Å². The van der Waals surface area contributed by atoms with E-state index in [-0.39, 0.29) is 6.04 Å². The maximum atomic E-state index is 5.81. The summed E-state index contributed by atoms with van der Waals surface area (Å²) in [5.74, 6) is 0.590. The molecule has 2 rings (SSSR count). The summed E-state index contributed by atoms with van der Waals surface area (Å²) in [5, 5.41) is 3.04. The molecule has 0 bridgehead atoms. The summed E-state index contributed by atoms with van der Waals surface area (Å²) in [7, 11) is 1.68. The van der Waals surface area contributed by atoms with Crippen LogP contribution in [-0.2, 0) is 4.74 Å². The van der Waals surface area contributed by atoms with Crippen molar-refractivity contribution in [3.8, 4) is 0 Å². The number of aliphatic imine (C=N–C) groups is 1. The molecule has 1 aromatic rings. The number of hydrogen-bond donors (Lipinski definition) is 1. The third-order valence-corrected chi connectivity index (χ3v) is 3.25. The number of aromatic nitrogens is 1. The van der Waals surface area contributed by atoms with E-state index in [0.717, 1.165) is 11.6 Å². The zero-order valence-electron chi connectivity index (χ0n) is 8.59. The monoisotopic (exact) mass is 226 g/mol. The van der Waals surface area contributed by atoms with E-state index in [2.05, 4.69) is 9.98 Å². The van der Waals surface area contributed by atoms with Crippen LogP contribution >= 0.6 is 11.3 Å². The summed E-state index contributed by atoms with van der Waals surface area (Å²) in [6.45, 7) is 2.11. The van der Waals surface area contributed by atoms with Gasteiger partial charge in [0, 0.05) is 25.2 Å². The summed E-state index contributed by atoms with van der Waals surface area (Å²) < 4.78 is 5.05. The normalized spacial score (nSPS) is 20.7. The van der Waals surface area contributed by atoms with Crippen LogP contribution in [-0.4, -0.2) is 42.6 Å². The number of methoxy groups -OCH3 is 1. The maximum absolute atomic E-state index is 5.81. The molecular formula is C9H14N4OS. The predicted octanol–water partition coefficient (Wildman–Crippen LogP) is 0.461. The van der Waals surface area contributed by atoms with Crippen molar-refractivity contribution in [1.82, 2.24) is 9.88 Å². The molecule has 2 N–H and O–H groups in total. The van der Waals surface area contributed by atoms with Crippen LogP contribution in [0.1, 0.15) is 11.0 Å². The molecule has 6 heteroatoms. The number of rotatable bonds is 4. The molecule has 1 aliphatic rings. The molecule has 0 fully saturated rings. The molecule has 15 heavy (non-hydrogen) atoms. The van der Waals surface area contributed by atoms with E-state index in [4.69, 9.17) is 10.5 Å². The van der Waals surface area contributed by atoms with Crippen LogP contribution in [0, 0.1) is 0 Å². The summed E-state index contributed by atoms with van der Waals surface area (Å²) >= 11 is 1.64. The van der Waals surface area contributed by atoms with Gasteiger partial charge in [0.25, 0.3) is 0 Å². The first-order valence-electron chi connectivity index (χ1n) is 4.78. The molecule has 0 spiro atoms. The second-order valence-corrected chi connectivity index (χ2v) is 4.20. The number of ether oxygens (including phenoxy) is 1. The molecule has 0 saturated heterocycles. The van der Waals surface area contributed by atoms with Gasteiger partial charge in [-0.05, 0) is 0 Å². The molecule has 2 heterocycles. The number of nitrogens with two attached hydrogens (primary N) is 1. The summed E-state index contributed by atoms with van der Waals surface area (Å²) in [6, 6.07) is 0.195. The summed E-state index contributed by atoms with van der Waals surface area (Å²) in [5.41, 5.74) is 5.81. The Labute approximate surface area is 92.6 Å². The van der Waals surface area contributed by atoms with Crippen LogP contribution in [0.4, 0.5) is 0 Å². The zero-order valence-corrected chi connectivity index (χ0v) is 9.41. The molecule has 0 saturated carbocycles. The Hall–Kier alpha value is -1.14. The molecule has 82 valence electrons. The zero-order chi connectivity index (χ0) is 10.7. The molecule has 1 atom stereocenters. The minimum Gasteiger partial charge on any atom is -0.383 e. The second kappa shape index (κ2) is 4.59. The number of thiazole rings is 1. The first kappa shape index (κ1) is 10.4. The molecule has 1 unspecified atom stereocenters. The first-order chi connectivity index (χ1) is 7.33. The Balaban J connectivity index is 2.07. The number of guanidine groups is 1. The average molecular weight is 226 g/mol. The van der Waals surface area contributed by atoms with Crippen molar-refractivity contribution >= 4 is 17.3 Å². The van der Waals surface area contributed by atoms with Crippen molar-refractivity contribution in [3.05, 3.63) is 16.6 Å². The topological polar surface area (TPSA) is 63.7 Å². The molecule has 0 radical (unpaired) electrons. The van der Waals surface area contributed by atoms with Gasteiger partial charge in [0.05, 0.1) is 13.2 Å². The molecule has 0 amide bonds. The molecule has 0 aromatic carbocycles. The highest BCUT2D eigenvalue weighted by Crippen LogP contribution is 2.26. The van der Waals surface area contributed by atoms with E-state index < -0.39 is 0 Å². The van der Waals surface area contributed by atoms with E-state index in [1.165, 1.54) is 0 Å². The summed E-state index contributed by atoms with van der Waals surface area (Å²) in [6.07, 6.45) is 1.81. The Bertz CT molecular complexity index is 338. The smallest absolute Gasteiger partial charge is 0.192 e. The van der Waals surface area contributed by atoms with Gasteiger partial charge in [0.2, 0.25) is 0 Å². The van der Waals surface area contributed by atoms with E-state index in [9.17, 15) is 0 Å². The average Bonchev–Trinajstić information content (AvgIpc) is 2.84. The number of nitrogens with zero attached hydrogens (tertiary/aromatic N) is 3. The van der Waals surface area contributed by atoms with E-state index >= 15 is 0 Å². The molecular weight excluding hydrogens is 212 g/mol. The van der Waals surface area contributed by atoms with Gasteiger partial charge < -0.3 is 15.4 Å². The maximum Gasteiger partial charge on any atom is 0.192 e. The van der Waals surface area contributed by atoms with Crippen molar-refractivity contribution in [1.29, 1.82) is 0 Å². The highest BCUT2D eigenvalue weighted by Gasteiger charge is 2.28. The van der Waals surface area contributed by atoms with Crippen LogP contribution < -0.4 is 5.73 Å². The van der Waals surface area contributed by atoms with Gasteiger partial charge in [0.1, 0.15) is 11.0 Å². The van der Waals surface area contributed by atoms with Crippen molar-refractivity contribution in [2.45, 2.75) is 6.04 Å². The van der Waals surface area contributed by atoms with Crippen LogP contribution in [0.3, 0.4) is 0 Å². The largest absolute Gasteiger partial charge is 0.383 e. The fraction of sp³-hybridized carbons (Fsp3) is 0.556. The Morgan fingerprint density at radius 3 is 3.27 bits per heavy atom. The highest BCUT2D eigenvalue weighted by atomic mass is 32.1. The van der Waals surface area contributed by atoms with Crippen LogP contribution in [0.25, 0.3) is 0 Å². The van der Waals surface area contributed by atoms with E-state index in [1.54, 1.807) is 18.4 Å². The Morgan fingerprint density at radius 2 is 2.60 bits per heavy atom. The molecule has 5 nitrogen and oxygen atoms in total. The van der Waals surface area contributed by atoms with Crippen molar-refractivity contribution < 1.29 is 4.74 Å². The third-order valence-electron chi connectivity index (χ3n) is 2.37. The lowest BCUT2D eigenvalue weighted by atomic mass is 10.3. The van der Waals surface area contributed by atoms with Gasteiger partial charge in [-0.25, -0.2) is 4.98 Å². The molecule has 0 aliphatic carbocycles. The van der Waals surface area contributed by atoms with Gasteiger partial charge in [-0.2, -0.15) is 0 Å². The first-order valence-corrected chi connectivity index (χ1v) is 5.66. The fourth-order valence-corrected chi connectivity index (χ4v) is 2.34. The van der Waals surface area contributed by atoms with E-state index in [1.807, 2.05) is 16.5 Å². The minimum absolute atomic E-state index is 0.195. The van der Waals surface area contributed by atoms with Gasteiger partial charge in [-0.1, -0.05) is 0 Å². The van der Waals surface area contributed by atoms with Gasteiger partial charge in [-0.3, -0.25) is 4.99 Å². The van der Waals surface area contributed by atoms with Gasteiger partial charge >= 0.3 is 0 Å². The van der Waals surface area contributed by atoms with Crippen LogP contribution in [0.2, 0.25) is 0 Å².